The fourth-order valence-electron chi connectivity index (χ4n) is 2.27. The van der Waals surface area contributed by atoms with Crippen molar-refractivity contribution in [3.8, 4) is 10.6 Å². The molecule has 1 unspecified atom stereocenters. The molecule has 2 aromatic heterocycles. The van der Waals surface area contributed by atoms with Crippen LogP contribution in [0.1, 0.15) is 45.2 Å². The van der Waals surface area contributed by atoms with Gasteiger partial charge in [-0.25, -0.2) is 4.98 Å². The molecule has 0 radical (unpaired) electrons. The number of unbranched alkanes of at least 4 members (excludes halogenated alkanes) is 2. The molecule has 2 aromatic rings. The summed E-state index contributed by atoms with van der Waals surface area (Å²) in [5, 5.41) is 5.91. The number of pyridine rings is 1. The summed E-state index contributed by atoms with van der Waals surface area (Å²) in [5.41, 5.74) is 1.81. The second-order valence-electron chi connectivity index (χ2n) is 5.53. The molecule has 1 amide bonds. The van der Waals surface area contributed by atoms with Crippen LogP contribution in [0.2, 0.25) is 0 Å². The highest BCUT2D eigenvalue weighted by Gasteiger charge is 2.11. The molecule has 0 aliphatic heterocycles. The van der Waals surface area contributed by atoms with Crippen LogP contribution in [-0.4, -0.2) is 21.9 Å². The maximum absolute atomic E-state index is 12.0. The molecule has 4 nitrogen and oxygen atoms in total. The fraction of sp³-hybridized carbons (Fsp3) is 0.471. The smallest absolute Gasteiger partial charge is 0.226 e. The second kappa shape index (κ2) is 8.63. The molecule has 0 aliphatic rings. The molecule has 0 aromatic carbocycles. The molecular weight excluding hydrogens is 294 g/mol. The third-order valence-electron chi connectivity index (χ3n) is 3.45. The van der Waals surface area contributed by atoms with Crippen molar-refractivity contribution in [1.82, 2.24) is 15.3 Å². The Bertz CT molecular complexity index is 583. The quantitative estimate of drug-likeness (QED) is 0.753. The van der Waals surface area contributed by atoms with E-state index in [2.05, 4.69) is 29.1 Å². The lowest BCUT2D eigenvalue weighted by atomic mass is 10.1. The van der Waals surface area contributed by atoms with E-state index in [4.69, 9.17) is 0 Å². The molecule has 0 saturated heterocycles. The van der Waals surface area contributed by atoms with E-state index in [0.717, 1.165) is 22.7 Å². The molecule has 1 atom stereocenters. The van der Waals surface area contributed by atoms with E-state index in [9.17, 15) is 4.79 Å². The Labute approximate surface area is 136 Å². The summed E-state index contributed by atoms with van der Waals surface area (Å²) in [4.78, 5) is 20.7. The Morgan fingerprint density at radius 3 is 3.00 bits per heavy atom. The topological polar surface area (TPSA) is 54.9 Å². The minimum absolute atomic E-state index is 0.0482. The lowest BCUT2D eigenvalue weighted by Gasteiger charge is -2.12. The minimum atomic E-state index is 0.0482. The Balaban J connectivity index is 1.83. The maximum Gasteiger partial charge on any atom is 0.226 e. The lowest BCUT2D eigenvalue weighted by molar-refractivity contribution is -0.121. The number of amides is 1. The number of thiazole rings is 1. The third kappa shape index (κ3) is 5.22. The highest BCUT2D eigenvalue weighted by molar-refractivity contribution is 7.13. The van der Waals surface area contributed by atoms with Crippen molar-refractivity contribution in [2.75, 3.05) is 0 Å². The number of hydrogen-bond donors (Lipinski definition) is 1. The van der Waals surface area contributed by atoms with Crippen molar-refractivity contribution in [2.24, 2.45) is 0 Å². The van der Waals surface area contributed by atoms with Gasteiger partial charge in [-0.3, -0.25) is 9.78 Å². The van der Waals surface area contributed by atoms with Crippen molar-refractivity contribution in [3.05, 3.63) is 35.6 Å². The van der Waals surface area contributed by atoms with E-state index >= 15 is 0 Å². The maximum atomic E-state index is 12.0. The first-order valence-corrected chi connectivity index (χ1v) is 8.71. The van der Waals surface area contributed by atoms with Gasteiger partial charge in [0, 0.05) is 29.4 Å². The predicted molar refractivity (Wildman–Crippen MR) is 90.8 cm³/mol. The second-order valence-corrected chi connectivity index (χ2v) is 6.38. The van der Waals surface area contributed by atoms with E-state index in [-0.39, 0.29) is 11.9 Å². The molecule has 2 heterocycles. The largest absolute Gasteiger partial charge is 0.353 e. The van der Waals surface area contributed by atoms with E-state index in [0.29, 0.717) is 6.42 Å². The van der Waals surface area contributed by atoms with Gasteiger partial charge in [0.05, 0.1) is 12.1 Å². The summed E-state index contributed by atoms with van der Waals surface area (Å²) in [6, 6.07) is 4.10. The van der Waals surface area contributed by atoms with E-state index < -0.39 is 0 Å². The number of nitrogens with one attached hydrogen (secondary N) is 1. The fourth-order valence-corrected chi connectivity index (χ4v) is 3.08. The highest BCUT2D eigenvalue weighted by atomic mass is 32.1. The van der Waals surface area contributed by atoms with Gasteiger partial charge in [-0.1, -0.05) is 26.2 Å². The van der Waals surface area contributed by atoms with Gasteiger partial charge < -0.3 is 5.32 Å². The van der Waals surface area contributed by atoms with Gasteiger partial charge in [0.25, 0.3) is 0 Å². The van der Waals surface area contributed by atoms with E-state index in [1.54, 1.807) is 23.7 Å². The number of rotatable bonds is 8. The van der Waals surface area contributed by atoms with Crippen LogP contribution in [0, 0.1) is 0 Å². The van der Waals surface area contributed by atoms with Crippen molar-refractivity contribution >= 4 is 17.2 Å². The molecular formula is C17H23N3OS. The van der Waals surface area contributed by atoms with Crippen molar-refractivity contribution in [1.29, 1.82) is 0 Å². The first-order chi connectivity index (χ1) is 10.7. The molecule has 22 heavy (non-hydrogen) atoms. The summed E-state index contributed by atoms with van der Waals surface area (Å²) < 4.78 is 0. The van der Waals surface area contributed by atoms with Crippen LogP contribution < -0.4 is 5.32 Å². The molecule has 0 fully saturated rings. The molecule has 1 N–H and O–H groups in total. The summed E-state index contributed by atoms with van der Waals surface area (Å²) in [7, 11) is 0. The van der Waals surface area contributed by atoms with Gasteiger partial charge in [-0.15, -0.1) is 11.3 Å². The summed E-state index contributed by atoms with van der Waals surface area (Å²) in [6.07, 6.45) is 8.51. The number of nitrogens with zero attached hydrogens (tertiary/aromatic N) is 2. The van der Waals surface area contributed by atoms with Crippen LogP contribution >= 0.6 is 11.3 Å². The predicted octanol–water partition coefficient (Wildman–Crippen LogP) is 3.83. The van der Waals surface area contributed by atoms with Gasteiger partial charge in [0.2, 0.25) is 5.91 Å². The number of aromatic nitrogens is 2. The first kappa shape index (κ1) is 16.6. The van der Waals surface area contributed by atoms with Crippen LogP contribution in [0.25, 0.3) is 10.6 Å². The zero-order chi connectivity index (χ0) is 15.8. The van der Waals surface area contributed by atoms with Crippen LogP contribution in [0.3, 0.4) is 0 Å². The van der Waals surface area contributed by atoms with Gasteiger partial charge in [0.15, 0.2) is 0 Å². The van der Waals surface area contributed by atoms with Gasteiger partial charge in [-0.05, 0) is 25.5 Å². The molecule has 5 heteroatoms. The monoisotopic (exact) mass is 317 g/mol. The molecule has 0 saturated carbocycles. The van der Waals surface area contributed by atoms with Crippen LogP contribution in [-0.2, 0) is 11.2 Å². The first-order valence-electron chi connectivity index (χ1n) is 7.83. The Hall–Kier alpha value is -1.75. The molecule has 0 bridgehead atoms. The van der Waals surface area contributed by atoms with Gasteiger partial charge in [0.1, 0.15) is 5.01 Å². The van der Waals surface area contributed by atoms with Crippen LogP contribution in [0.4, 0.5) is 0 Å². The summed E-state index contributed by atoms with van der Waals surface area (Å²) >= 11 is 1.55. The Morgan fingerprint density at radius 1 is 1.41 bits per heavy atom. The SMILES string of the molecule is CCCCCC(C)NC(=O)Cc1csc(-c2cccnc2)n1. The zero-order valence-corrected chi connectivity index (χ0v) is 14.0. The van der Waals surface area contributed by atoms with Crippen molar-refractivity contribution in [3.63, 3.8) is 0 Å². The molecule has 2 rings (SSSR count). The van der Waals surface area contributed by atoms with E-state index in [1.165, 1.54) is 19.3 Å². The Kier molecular flexibility index (Phi) is 6.52. The average Bonchev–Trinajstić information content (AvgIpc) is 2.96. The minimum Gasteiger partial charge on any atom is -0.353 e. The standard InChI is InChI=1S/C17H23N3OS/c1-3-4-5-7-13(2)19-16(21)10-15-12-22-17(20-15)14-8-6-9-18-11-14/h6,8-9,11-13H,3-5,7,10H2,1-2H3,(H,19,21). The molecule has 0 spiro atoms. The number of hydrogen-bond acceptors (Lipinski definition) is 4. The summed E-state index contributed by atoms with van der Waals surface area (Å²) in [6.45, 7) is 4.25. The van der Waals surface area contributed by atoms with Crippen LogP contribution in [0.15, 0.2) is 29.9 Å². The zero-order valence-electron chi connectivity index (χ0n) is 13.2. The molecule has 0 aliphatic carbocycles. The Morgan fingerprint density at radius 2 is 2.27 bits per heavy atom. The lowest BCUT2D eigenvalue weighted by Crippen LogP contribution is -2.33. The van der Waals surface area contributed by atoms with Crippen molar-refractivity contribution in [2.45, 2.75) is 52.0 Å². The number of carbonyl (C=O) groups excluding carboxylic acids is 1. The summed E-state index contributed by atoms with van der Waals surface area (Å²) in [5.74, 6) is 0.0482. The van der Waals surface area contributed by atoms with E-state index in [1.807, 2.05) is 17.5 Å². The molecule has 118 valence electrons. The van der Waals surface area contributed by atoms with Gasteiger partial charge >= 0.3 is 0 Å². The van der Waals surface area contributed by atoms with Crippen molar-refractivity contribution < 1.29 is 4.79 Å². The number of carbonyl (C=O) groups is 1. The average molecular weight is 317 g/mol. The normalized spacial score (nSPS) is 12.1. The van der Waals surface area contributed by atoms with Gasteiger partial charge in [-0.2, -0.15) is 0 Å². The highest BCUT2D eigenvalue weighted by Crippen LogP contribution is 2.22. The van der Waals surface area contributed by atoms with Crippen LogP contribution in [0.5, 0.6) is 0 Å². The third-order valence-corrected chi connectivity index (χ3v) is 4.39.